The highest BCUT2D eigenvalue weighted by Gasteiger charge is 2.28. The van der Waals surface area contributed by atoms with Crippen LogP contribution in [-0.4, -0.2) is 24.4 Å². The van der Waals surface area contributed by atoms with Crippen molar-refractivity contribution in [1.82, 2.24) is 10.6 Å². The highest BCUT2D eigenvalue weighted by molar-refractivity contribution is 5.97. The molecule has 0 heterocycles. The monoisotopic (exact) mass is 354 g/mol. The van der Waals surface area contributed by atoms with Gasteiger partial charge in [-0.2, -0.15) is 0 Å². The number of nitrogens with one attached hydrogen (secondary N) is 2. The van der Waals surface area contributed by atoms with Crippen molar-refractivity contribution in [3.05, 3.63) is 71.0 Å². The summed E-state index contributed by atoms with van der Waals surface area (Å²) in [4.78, 5) is 24.9. The van der Waals surface area contributed by atoms with Crippen molar-refractivity contribution < 1.29 is 14.0 Å². The topological polar surface area (TPSA) is 58.2 Å². The summed E-state index contributed by atoms with van der Waals surface area (Å²) in [5.41, 5.74) is 2.94. The first-order chi connectivity index (χ1) is 12.5. The summed E-state index contributed by atoms with van der Waals surface area (Å²) < 4.78 is 13.0. The molecule has 0 unspecified atom stereocenters. The van der Waals surface area contributed by atoms with Gasteiger partial charge in [-0.05, 0) is 47.7 Å². The maximum absolute atomic E-state index is 13.0. The van der Waals surface area contributed by atoms with Gasteiger partial charge >= 0.3 is 0 Å². The second kappa shape index (κ2) is 7.68. The average molecular weight is 354 g/mol. The van der Waals surface area contributed by atoms with E-state index < -0.39 is 11.9 Å². The van der Waals surface area contributed by atoms with E-state index in [9.17, 15) is 14.0 Å². The van der Waals surface area contributed by atoms with Crippen molar-refractivity contribution in [1.29, 1.82) is 0 Å². The van der Waals surface area contributed by atoms with Crippen LogP contribution in [0.2, 0.25) is 0 Å². The van der Waals surface area contributed by atoms with E-state index in [4.69, 9.17) is 0 Å². The first-order valence-electron chi connectivity index (χ1n) is 8.87. The molecule has 5 heteroatoms. The average Bonchev–Trinajstić information content (AvgIpc) is 2.60. The van der Waals surface area contributed by atoms with Crippen LogP contribution in [0.3, 0.4) is 0 Å². The highest BCUT2D eigenvalue weighted by atomic mass is 19.1. The Morgan fingerprint density at radius 1 is 1.12 bits per heavy atom. The van der Waals surface area contributed by atoms with Gasteiger partial charge in [0.15, 0.2) is 0 Å². The lowest BCUT2D eigenvalue weighted by Crippen LogP contribution is -2.50. The zero-order valence-electron chi connectivity index (χ0n) is 15.0. The van der Waals surface area contributed by atoms with Crippen LogP contribution in [0.1, 0.15) is 41.3 Å². The van der Waals surface area contributed by atoms with E-state index in [2.05, 4.69) is 22.8 Å². The maximum atomic E-state index is 13.0. The molecule has 2 atom stereocenters. The van der Waals surface area contributed by atoms with Gasteiger partial charge in [-0.25, -0.2) is 4.39 Å². The highest BCUT2D eigenvalue weighted by Crippen LogP contribution is 2.34. The molecule has 4 nitrogen and oxygen atoms in total. The molecule has 2 aromatic carbocycles. The summed E-state index contributed by atoms with van der Waals surface area (Å²) in [6.07, 6.45) is 0.963. The number of amides is 2. The molecule has 3 rings (SSSR count). The lowest BCUT2D eigenvalue weighted by molar-refractivity contribution is -0.124. The fourth-order valence-corrected chi connectivity index (χ4v) is 3.24. The molecule has 0 fully saturated rings. The minimum Gasteiger partial charge on any atom is -0.354 e. The van der Waals surface area contributed by atoms with Crippen LogP contribution in [0.25, 0.3) is 0 Å². The standard InChI is InChI=1S/C21H23FN2O2/c1-13(2)19(24-20(25)14-7-9-17(22)10-8-14)21(26)23-12-16-11-15-5-3-4-6-18(15)16/h3-10,13,16,19H,11-12H2,1-2H3,(H,23,26)(H,24,25)/t16-,19+/m1/s1. The van der Waals surface area contributed by atoms with Crippen LogP contribution < -0.4 is 10.6 Å². The SMILES string of the molecule is CC(C)[C@H](NC(=O)c1ccc(F)cc1)C(=O)NC[C@H]1Cc2ccccc21. The second-order valence-corrected chi connectivity index (χ2v) is 7.05. The number of halogens is 1. The van der Waals surface area contributed by atoms with E-state index in [0.717, 1.165) is 6.42 Å². The zero-order chi connectivity index (χ0) is 18.7. The smallest absolute Gasteiger partial charge is 0.251 e. The summed E-state index contributed by atoms with van der Waals surface area (Å²) in [7, 11) is 0. The molecule has 0 bridgehead atoms. The Morgan fingerprint density at radius 3 is 2.46 bits per heavy atom. The fourth-order valence-electron chi connectivity index (χ4n) is 3.24. The molecule has 0 radical (unpaired) electrons. The van der Waals surface area contributed by atoms with Crippen molar-refractivity contribution in [2.75, 3.05) is 6.54 Å². The Morgan fingerprint density at radius 2 is 1.81 bits per heavy atom. The van der Waals surface area contributed by atoms with Gasteiger partial charge in [-0.3, -0.25) is 9.59 Å². The minimum atomic E-state index is -0.636. The molecule has 136 valence electrons. The number of hydrogen-bond donors (Lipinski definition) is 2. The summed E-state index contributed by atoms with van der Waals surface area (Å²) in [5.74, 6) is -0.711. The largest absolute Gasteiger partial charge is 0.354 e. The molecule has 0 spiro atoms. The third-order valence-corrected chi connectivity index (χ3v) is 4.83. The van der Waals surface area contributed by atoms with E-state index in [1.807, 2.05) is 26.0 Å². The summed E-state index contributed by atoms with van der Waals surface area (Å²) in [6, 6.07) is 12.9. The van der Waals surface area contributed by atoms with Gasteiger partial charge in [0.05, 0.1) is 0 Å². The molecule has 26 heavy (non-hydrogen) atoms. The Kier molecular flexibility index (Phi) is 5.35. The van der Waals surface area contributed by atoms with Gasteiger partial charge in [-0.1, -0.05) is 38.1 Å². The molecule has 2 aromatic rings. The Balaban J connectivity index is 1.58. The van der Waals surface area contributed by atoms with Gasteiger partial charge < -0.3 is 10.6 Å². The van der Waals surface area contributed by atoms with Crippen molar-refractivity contribution in [2.24, 2.45) is 5.92 Å². The predicted octanol–water partition coefficient (Wildman–Crippen LogP) is 3.04. The number of rotatable bonds is 6. The molecule has 1 aliphatic rings. The van der Waals surface area contributed by atoms with Crippen LogP contribution in [0.15, 0.2) is 48.5 Å². The molecule has 0 aromatic heterocycles. The van der Waals surface area contributed by atoms with E-state index in [1.54, 1.807) is 0 Å². The minimum absolute atomic E-state index is 0.0620. The number of carbonyl (C=O) groups is 2. The van der Waals surface area contributed by atoms with Crippen molar-refractivity contribution in [2.45, 2.75) is 32.2 Å². The van der Waals surface area contributed by atoms with Crippen molar-refractivity contribution in [3.63, 3.8) is 0 Å². The molecule has 0 aliphatic heterocycles. The Labute approximate surface area is 152 Å². The third kappa shape index (κ3) is 3.93. The molecule has 0 saturated carbocycles. The van der Waals surface area contributed by atoms with Crippen LogP contribution in [0, 0.1) is 11.7 Å². The third-order valence-electron chi connectivity index (χ3n) is 4.83. The second-order valence-electron chi connectivity index (χ2n) is 7.05. The zero-order valence-corrected chi connectivity index (χ0v) is 15.0. The quantitative estimate of drug-likeness (QED) is 0.838. The Hall–Kier alpha value is -2.69. The predicted molar refractivity (Wildman–Crippen MR) is 98.4 cm³/mol. The number of fused-ring (bicyclic) bond motifs is 1. The van der Waals surface area contributed by atoms with Crippen molar-refractivity contribution in [3.8, 4) is 0 Å². The fraction of sp³-hybridized carbons (Fsp3) is 0.333. The van der Waals surface area contributed by atoms with E-state index in [-0.39, 0.29) is 17.7 Å². The molecular formula is C21H23FN2O2. The molecule has 0 saturated heterocycles. The van der Waals surface area contributed by atoms with Crippen molar-refractivity contribution >= 4 is 11.8 Å². The molecule has 1 aliphatic carbocycles. The summed E-state index contributed by atoms with van der Waals surface area (Å²) in [5, 5.41) is 5.72. The molecule has 2 amide bonds. The van der Waals surface area contributed by atoms with Crippen LogP contribution >= 0.6 is 0 Å². The van der Waals surface area contributed by atoms with Gasteiger partial charge in [0, 0.05) is 18.0 Å². The number of benzene rings is 2. The van der Waals surface area contributed by atoms with E-state index in [1.165, 1.54) is 35.4 Å². The van der Waals surface area contributed by atoms with Gasteiger partial charge in [-0.15, -0.1) is 0 Å². The van der Waals surface area contributed by atoms with E-state index >= 15 is 0 Å². The maximum Gasteiger partial charge on any atom is 0.251 e. The Bertz CT molecular complexity index is 802. The van der Waals surface area contributed by atoms with Crippen LogP contribution in [0.4, 0.5) is 4.39 Å². The first-order valence-corrected chi connectivity index (χ1v) is 8.87. The van der Waals surface area contributed by atoms with Crippen LogP contribution in [-0.2, 0) is 11.2 Å². The van der Waals surface area contributed by atoms with Gasteiger partial charge in [0.2, 0.25) is 5.91 Å². The van der Waals surface area contributed by atoms with E-state index in [0.29, 0.717) is 18.0 Å². The molecule has 2 N–H and O–H groups in total. The molecular weight excluding hydrogens is 331 g/mol. The lowest BCUT2D eigenvalue weighted by atomic mass is 9.77. The lowest BCUT2D eigenvalue weighted by Gasteiger charge is -2.31. The summed E-state index contributed by atoms with van der Waals surface area (Å²) >= 11 is 0. The number of carbonyl (C=O) groups excluding carboxylic acids is 2. The van der Waals surface area contributed by atoms with Gasteiger partial charge in [0.1, 0.15) is 11.9 Å². The number of hydrogen-bond acceptors (Lipinski definition) is 2. The van der Waals surface area contributed by atoms with Crippen LogP contribution in [0.5, 0.6) is 0 Å². The summed E-state index contributed by atoms with van der Waals surface area (Å²) in [6.45, 7) is 4.33. The van der Waals surface area contributed by atoms with Gasteiger partial charge in [0.25, 0.3) is 5.91 Å². The normalized spacial score (nSPS) is 16.4. The first kappa shape index (κ1) is 18.1.